The molecule has 0 radical (unpaired) electrons. The van der Waals surface area contributed by atoms with Crippen molar-refractivity contribution in [2.24, 2.45) is 0 Å². The molecule has 0 aliphatic carbocycles. The molecule has 0 saturated heterocycles. The second-order valence-electron chi connectivity index (χ2n) is 6.96. The van der Waals surface area contributed by atoms with Crippen molar-refractivity contribution < 1.29 is 18.7 Å². The fourth-order valence-electron chi connectivity index (χ4n) is 2.97. The van der Waals surface area contributed by atoms with Gasteiger partial charge >= 0.3 is 0 Å². The molecule has 0 aliphatic heterocycles. The number of nitrogens with zero attached hydrogens (tertiary/aromatic N) is 1. The topological polar surface area (TPSA) is 58.6 Å². The van der Waals surface area contributed by atoms with Crippen molar-refractivity contribution in [3.05, 3.63) is 64.9 Å². The van der Waals surface area contributed by atoms with Gasteiger partial charge in [0.25, 0.3) is 5.91 Å². The number of amides is 2. The zero-order valence-corrected chi connectivity index (χ0v) is 18.1. The first kappa shape index (κ1) is 23.7. The molecule has 162 valence electrons. The highest BCUT2D eigenvalue weighted by Gasteiger charge is 2.28. The number of hydrogen-bond acceptors (Lipinski definition) is 3. The molecular formula is C23H28ClFN2O3. The molecule has 0 aliphatic rings. The maximum absolute atomic E-state index is 13.1. The third-order valence-corrected chi connectivity index (χ3v) is 4.91. The molecule has 0 saturated carbocycles. The van der Waals surface area contributed by atoms with E-state index in [0.717, 1.165) is 18.4 Å². The smallest absolute Gasteiger partial charge is 0.261 e. The molecule has 0 bridgehead atoms. The average Bonchev–Trinajstić information content (AvgIpc) is 2.74. The highest BCUT2D eigenvalue weighted by Crippen LogP contribution is 2.17. The number of benzene rings is 2. The minimum Gasteiger partial charge on any atom is -0.484 e. The predicted octanol–water partition coefficient (Wildman–Crippen LogP) is 4.58. The van der Waals surface area contributed by atoms with E-state index in [2.05, 4.69) is 5.32 Å². The van der Waals surface area contributed by atoms with Crippen LogP contribution in [-0.4, -0.2) is 35.9 Å². The summed E-state index contributed by atoms with van der Waals surface area (Å²) in [5.41, 5.74) is 0.856. The van der Waals surface area contributed by atoms with Gasteiger partial charge in [0.2, 0.25) is 5.91 Å². The van der Waals surface area contributed by atoms with Crippen molar-refractivity contribution in [3.63, 3.8) is 0 Å². The normalized spacial score (nSPS) is 11.6. The molecule has 7 heteroatoms. The van der Waals surface area contributed by atoms with Gasteiger partial charge in [-0.25, -0.2) is 4.39 Å². The first-order valence-electron chi connectivity index (χ1n) is 10.1. The van der Waals surface area contributed by atoms with Crippen LogP contribution in [0.3, 0.4) is 0 Å². The molecule has 30 heavy (non-hydrogen) atoms. The van der Waals surface area contributed by atoms with E-state index in [0.29, 0.717) is 23.7 Å². The van der Waals surface area contributed by atoms with Crippen molar-refractivity contribution in [2.75, 3.05) is 13.2 Å². The first-order valence-corrected chi connectivity index (χ1v) is 10.5. The number of ether oxygens (including phenoxy) is 1. The van der Waals surface area contributed by atoms with Gasteiger partial charge < -0.3 is 15.0 Å². The highest BCUT2D eigenvalue weighted by atomic mass is 35.5. The summed E-state index contributed by atoms with van der Waals surface area (Å²) in [5.74, 6) is -0.508. The zero-order chi connectivity index (χ0) is 21.9. The number of carbonyl (C=O) groups excluding carboxylic acids is 2. The summed E-state index contributed by atoms with van der Waals surface area (Å²) in [7, 11) is 0. The average molecular weight is 435 g/mol. The monoisotopic (exact) mass is 434 g/mol. The van der Waals surface area contributed by atoms with Gasteiger partial charge in [0.1, 0.15) is 17.6 Å². The van der Waals surface area contributed by atoms with Crippen LogP contribution in [0.5, 0.6) is 5.75 Å². The standard InChI is InChI=1S/C23H28ClFN2O3/c1-3-5-14-26-23(29)21(4-2)27(15-17-6-8-18(24)9-7-17)22(28)16-30-20-12-10-19(25)11-13-20/h6-13,21H,3-5,14-16H2,1-2H3,(H,26,29)/t21-/m0/s1. The summed E-state index contributed by atoms with van der Waals surface area (Å²) in [6.07, 6.45) is 2.31. The van der Waals surface area contributed by atoms with Gasteiger partial charge in [-0.2, -0.15) is 0 Å². The lowest BCUT2D eigenvalue weighted by Gasteiger charge is -2.30. The molecule has 0 spiro atoms. The Hall–Kier alpha value is -2.60. The van der Waals surface area contributed by atoms with Crippen molar-refractivity contribution in [2.45, 2.75) is 45.7 Å². The van der Waals surface area contributed by atoms with Gasteiger partial charge in [-0.05, 0) is 54.8 Å². The fourth-order valence-corrected chi connectivity index (χ4v) is 3.10. The van der Waals surface area contributed by atoms with E-state index in [1.807, 2.05) is 26.0 Å². The molecule has 2 amide bonds. The number of nitrogens with one attached hydrogen (secondary N) is 1. The number of halogens is 2. The summed E-state index contributed by atoms with van der Waals surface area (Å²) >= 11 is 5.96. The summed E-state index contributed by atoms with van der Waals surface area (Å²) in [6.45, 7) is 4.49. The Morgan fingerprint density at radius 1 is 1.10 bits per heavy atom. The van der Waals surface area contributed by atoms with Crippen LogP contribution in [0.25, 0.3) is 0 Å². The highest BCUT2D eigenvalue weighted by molar-refractivity contribution is 6.30. The van der Waals surface area contributed by atoms with Gasteiger partial charge in [-0.1, -0.05) is 44.0 Å². The van der Waals surface area contributed by atoms with E-state index in [1.54, 1.807) is 12.1 Å². The quantitative estimate of drug-likeness (QED) is 0.526. The Morgan fingerprint density at radius 2 is 1.77 bits per heavy atom. The Kier molecular flexibility index (Phi) is 9.61. The zero-order valence-electron chi connectivity index (χ0n) is 17.4. The van der Waals surface area contributed by atoms with E-state index in [9.17, 15) is 14.0 Å². The van der Waals surface area contributed by atoms with E-state index in [4.69, 9.17) is 16.3 Å². The largest absolute Gasteiger partial charge is 0.484 e. The minimum atomic E-state index is -0.623. The fraction of sp³-hybridized carbons (Fsp3) is 0.391. The molecule has 0 fully saturated rings. The molecule has 5 nitrogen and oxygen atoms in total. The Balaban J connectivity index is 2.15. The maximum atomic E-state index is 13.1. The lowest BCUT2D eigenvalue weighted by molar-refractivity contribution is -0.143. The van der Waals surface area contributed by atoms with Gasteiger partial charge in [0.05, 0.1) is 0 Å². The Labute approximate surface area is 182 Å². The van der Waals surface area contributed by atoms with Crippen molar-refractivity contribution in [3.8, 4) is 5.75 Å². The number of carbonyl (C=O) groups is 2. The Morgan fingerprint density at radius 3 is 2.37 bits per heavy atom. The second-order valence-corrected chi connectivity index (χ2v) is 7.40. The van der Waals surface area contributed by atoms with Crippen LogP contribution >= 0.6 is 11.6 Å². The van der Waals surface area contributed by atoms with Crippen LogP contribution in [0, 0.1) is 5.82 Å². The molecule has 2 aromatic carbocycles. The first-order chi connectivity index (χ1) is 14.4. The van der Waals surface area contributed by atoms with Gasteiger partial charge in [-0.3, -0.25) is 9.59 Å². The van der Waals surface area contributed by atoms with Gasteiger partial charge in [-0.15, -0.1) is 0 Å². The van der Waals surface area contributed by atoms with Crippen molar-refractivity contribution in [1.29, 1.82) is 0 Å². The molecule has 0 unspecified atom stereocenters. The molecule has 2 rings (SSSR count). The lowest BCUT2D eigenvalue weighted by Crippen LogP contribution is -2.50. The second kappa shape index (κ2) is 12.2. The summed E-state index contributed by atoms with van der Waals surface area (Å²) < 4.78 is 18.6. The van der Waals surface area contributed by atoms with Crippen LogP contribution in [0.4, 0.5) is 4.39 Å². The molecule has 2 aromatic rings. The van der Waals surface area contributed by atoms with E-state index >= 15 is 0 Å². The SMILES string of the molecule is CCCCNC(=O)[C@H](CC)N(Cc1ccc(Cl)cc1)C(=O)COc1ccc(F)cc1. The van der Waals surface area contributed by atoms with Gasteiger partial charge in [0, 0.05) is 18.1 Å². The van der Waals surface area contributed by atoms with E-state index < -0.39 is 6.04 Å². The number of rotatable bonds is 11. The number of hydrogen-bond donors (Lipinski definition) is 1. The van der Waals surface area contributed by atoms with Crippen molar-refractivity contribution in [1.82, 2.24) is 10.2 Å². The number of unbranched alkanes of at least 4 members (excludes halogenated alkanes) is 1. The molecule has 1 N–H and O–H groups in total. The summed E-state index contributed by atoms with van der Waals surface area (Å²) in [4.78, 5) is 27.3. The third kappa shape index (κ3) is 7.34. The molecular weight excluding hydrogens is 407 g/mol. The van der Waals surface area contributed by atoms with Crippen LogP contribution in [0.15, 0.2) is 48.5 Å². The van der Waals surface area contributed by atoms with E-state index in [-0.39, 0.29) is 30.8 Å². The molecule has 0 aromatic heterocycles. The summed E-state index contributed by atoms with van der Waals surface area (Å²) in [5, 5.41) is 3.51. The minimum absolute atomic E-state index is 0.185. The lowest BCUT2D eigenvalue weighted by atomic mass is 10.1. The Bertz CT molecular complexity index is 812. The maximum Gasteiger partial charge on any atom is 0.261 e. The predicted molar refractivity (Wildman–Crippen MR) is 116 cm³/mol. The summed E-state index contributed by atoms with van der Waals surface area (Å²) in [6, 6.07) is 12.0. The van der Waals surface area contributed by atoms with E-state index in [1.165, 1.54) is 29.2 Å². The molecule has 1 atom stereocenters. The third-order valence-electron chi connectivity index (χ3n) is 4.66. The van der Waals surface area contributed by atoms with Crippen LogP contribution < -0.4 is 10.1 Å². The molecule has 0 heterocycles. The van der Waals surface area contributed by atoms with Crippen LogP contribution in [-0.2, 0) is 16.1 Å². The van der Waals surface area contributed by atoms with Crippen molar-refractivity contribution >= 4 is 23.4 Å². The van der Waals surface area contributed by atoms with Crippen LogP contribution in [0.1, 0.15) is 38.7 Å². The van der Waals surface area contributed by atoms with Gasteiger partial charge in [0.15, 0.2) is 6.61 Å². The van der Waals surface area contributed by atoms with Crippen LogP contribution in [0.2, 0.25) is 5.02 Å².